The van der Waals surface area contributed by atoms with Crippen molar-refractivity contribution in [1.29, 1.82) is 0 Å². The van der Waals surface area contributed by atoms with Crippen LogP contribution in [0.3, 0.4) is 0 Å². The molecule has 78 valence electrons. The molecule has 1 aromatic heterocycles. The molecule has 4 heteroatoms. The minimum Gasteiger partial charge on any atom is -0.382 e. The number of nitrogens with two attached hydrogens (primary N) is 1. The summed E-state index contributed by atoms with van der Waals surface area (Å²) in [6.07, 6.45) is 4.47. The van der Waals surface area contributed by atoms with Crippen LogP contribution in [0.1, 0.15) is 26.0 Å². The van der Waals surface area contributed by atoms with Crippen molar-refractivity contribution in [2.75, 3.05) is 12.8 Å². The summed E-state index contributed by atoms with van der Waals surface area (Å²) in [4.78, 5) is 10.5. The molecule has 1 aromatic rings. The number of hydrogen-bond donors (Lipinski definition) is 1. The van der Waals surface area contributed by atoms with Crippen molar-refractivity contribution in [2.24, 2.45) is 0 Å². The number of rotatable bonds is 4. The highest BCUT2D eigenvalue weighted by atomic mass is 15.1. The number of hydrogen-bond acceptors (Lipinski definition) is 4. The van der Waals surface area contributed by atoms with Gasteiger partial charge < -0.3 is 5.73 Å². The third-order valence-corrected chi connectivity index (χ3v) is 2.48. The van der Waals surface area contributed by atoms with Gasteiger partial charge in [0.2, 0.25) is 0 Å². The minimum atomic E-state index is 0.472. The van der Waals surface area contributed by atoms with Crippen LogP contribution in [-0.4, -0.2) is 28.0 Å². The fourth-order valence-corrected chi connectivity index (χ4v) is 1.17. The van der Waals surface area contributed by atoms with Crippen LogP contribution < -0.4 is 5.73 Å². The van der Waals surface area contributed by atoms with Gasteiger partial charge in [0.1, 0.15) is 5.82 Å². The Hall–Kier alpha value is -1.16. The highest BCUT2D eigenvalue weighted by Gasteiger charge is 2.07. The predicted molar refractivity (Wildman–Crippen MR) is 57.7 cm³/mol. The van der Waals surface area contributed by atoms with E-state index in [0.29, 0.717) is 11.9 Å². The van der Waals surface area contributed by atoms with Crippen LogP contribution in [0.15, 0.2) is 12.4 Å². The molecule has 0 saturated carbocycles. The monoisotopic (exact) mass is 194 g/mol. The lowest BCUT2D eigenvalue weighted by Gasteiger charge is -2.22. The van der Waals surface area contributed by atoms with Crippen LogP contribution in [0.2, 0.25) is 0 Å². The van der Waals surface area contributed by atoms with Gasteiger partial charge in [0.15, 0.2) is 0 Å². The maximum atomic E-state index is 5.46. The lowest BCUT2D eigenvalue weighted by Crippen LogP contribution is -2.28. The van der Waals surface area contributed by atoms with E-state index in [4.69, 9.17) is 5.73 Å². The second-order valence-electron chi connectivity index (χ2n) is 3.60. The van der Waals surface area contributed by atoms with Crippen LogP contribution in [0.4, 0.5) is 5.82 Å². The summed E-state index contributed by atoms with van der Waals surface area (Å²) in [5.41, 5.74) is 6.42. The molecular weight excluding hydrogens is 176 g/mol. The van der Waals surface area contributed by atoms with Crippen molar-refractivity contribution in [2.45, 2.75) is 32.9 Å². The van der Waals surface area contributed by atoms with Crippen molar-refractivity contribution < 1.29 is 0 Å². The van der Waals surface area contributed by atoms with Gasteiger partial charge in [0.05, 0.1) is 18.1 Å². The minimum absolute atomic E-state index is 0.472. The maximum Gasteiger partial charge on any atom is 0.141 e. The number of anilines is 1. The highest BCUT2D eigenvalue weighted by Crippen LogP contribution is 2.05. The molecule has 0 fully saturated rings. The van der Waals surface area contributed by atoms with Crippen LogP contribution in [0.5, 0.6) is 0 Å². The van der Waals surface area contributed by atoms with E-state index >= 15 is 0 Å². The van der Waals surface area contributed by atoms with Crippen molar-refractivity contribution >= 4 is 5.82 Å². The molecule has 0 aliphatic rings. The summed E-state index contributed by atoms with van der Waals surface area (Å²) >= 11 is 0. The van der Waals surface area contributed by atoms with Gasteiger partial charge in [-0.05, 0) is 20.4 Å². The zero-order valence-corrected chi connectivity index (χ0v) is 9.07. The Kier molecular flexibility index (Phi) is 3.83. The Labute approximate surface area is 85.2 Å². The molecule has 1 unspecified atom stereocenters. The molecule has 14 heavy (non-hydrogen) atoms. The lowest BCUT2D eigenvalue weighted by molar-refractivity contribution is 0.241. The van der Waals surface area contributed by atoms with Gasteiger partial charge in [0, 0.05) is 12.6 Å². The Morgan fingerprint density at radius 2 is 2.14 bits per heavy atom. The summed E-state index contributed by atoms with van der Waals surface area (Å²) in [7, 11) is 2.09. The first kappa shape index (κ1) is 10.9. The fraction of sp³-hybridized carbons (Fsp3) is 0.600. The second kappa shape index (κ2) is 4.91. The molecule has 1 rings (SSSR count). The zero-order chi connectivity index (χ0) is 10.6. The molecule has 1 atom stereocenters. The lowest BCUT2D eigenvalue weighted by atomic mass is 10.2. The first-order valence-electron chi connectivity index (χ1n) is 4.90. The molecule has 0 aromatic carbocycles. The van der Waals surface area contributed by atoms with Gasteiger partial charge in [0.25, 0.3) is 0 Å². The quantitative estimate of drug-likeness (QED) is 0.784. The van der Waals surface area contributed by atoms with Crippen LogP contribution in [-0.2, 0) is 6.54 Å². The topological polar surface area (TPSA) is 55.0 Å². The molecule has 0 spiro atoms. The van der Waals surface area contributed by atoms with Crippen molar-refractivity contribution in [1.82, 2.24) is 14.9 Å². The number of nitrogen functional groups attached to an aromatic ring is 1. The predicted octanol–water partition coefficient (Wildman–Crippen LogP) is 1.29. The molecule has 2 N–H and O–H groups in total. The molecular formula is C10H18N4. The van der Waals surface area contributed by atoms with E-state index in [-0.39, 0.29) is 0 Å². The largest absolute Gasteiger partial charge is 0.382 e. The standard InChI is InChI=1S/C10H18N4/c1-4-8(2)14(3)7-9-5-13-10(11)6-12-9/h5-6,8H,4,7H2,1-3H3,(H2,11,13). The summed E-state index contributed by atoms with van der Waals surface area (Å²) in [6.45, 7) is 5.20. The molecule has 4 nitrogen and oxygen atoms in total. The van der Waals surface area contributed by atoms with E-state index in [9.17, 15) is 0 Å². The Bertz CT molecular complexity index is 270. The molecule has 1 heterocycles. The van der Waals surface area contributed by atoms with E-state index in [1.54, 1.807) is 12.4 Å². The second-order valence-corrected chi connectivity index (χ2v) is 3.60. The van der Waals surface area contributed by atoms with Crippen molar-refractivity contribution in [3.63, 3.8) is 0 Å². The van der Waals surface area contributed by atoms with Gasteiger partial charge in [-0.3, -0.25) is 9.88 Å². The maximum absolute atomic E-state index is 5.46. The van der Waals surface area contributed by atoms with Gasteiger partial charge in [-0.1, -0.05) is 6.92 Å². The SMILES string of the molecule is CCC(C)N(C)Cc1cnc(N)cn1. The summed E-state index contributed by atoms with van der Waals surface area (Å²) in [5, 5.41) is 0. The van der Waals surface area contributed by atoms with Crippen LogP contribution in [0.25, 0.3) is 0 Å². The van der Waals surface area contributed by atoms with Gasteiger partial charge >= 0.3 is 0 Å². The van der Waals surface area contributed by atoms with E-state index in [0.717, 1.165) is 18.7 Å². The molecule has 0 saturated heterocycles. The van der Waals surface area contributed by atoms with E-state index in [2.05, 4.69) is 35.8 Å². The highest BCUT2D eigenvalue weighted by molar-refractivity contribution is 5.22. The summed E-state index contributed by atoms with van der Waals surface area (Å²) in [6, 6.07) is 0.564. The van der Waals surface area contributed by atoms with Gasteiger partial charge in [-0.15, -0.1) is 0 Å². The Balaban J connectivity index is 2.56. The molecule has 0 aliphatic heterocycles. The third kappa shape index (κ3) is 2.96. The molecule has 0 amide bonds. The van der Waals surface area contributed by atoms with Crippen molar-refractivity contribution in [3.8, 4) is 0 Å². The van der Waals surface area contributed by atoms with E-state index < -0.39 is 0 Å². The molecule has 0 aliphatic carbocycles. The Morgan fingerprint density at radius 3 is 2.64 bits per heavy atom. The summed E-state index contributed by atoms with van der Waals surface area (Å²) in [5.74, 6) is 0.472. The smallest absolute Gasteiger partial charge is 0.141 e. The van der Waals surface area contributed by atoms with Crippen LogP contribution >= 0.6 is 0 Å². The molecule has 0 bridgehead atoms. The van der Waals surface area contributed by atoms with E-state index in [1.807, 2.05) is 0 Å². The van der Waals surface area contributed by atoms with Gasteiger partial charge in [-0.2, -0.15) is 0 Å². The fourth-order valence-electron chi connectivity index (χ4n) is 1.17. The average molecular weight is 194 g/mol. The first-order chi connectivity index (χ1) is 6.63. The van der Waals surface area contributed by atoms with Crippen molar-refractivity contribution in [3.05, 3.63) is 18.1 Å². The van der Waals surface area contributed by atoms with Crippen LogP contribution in [0, 0.1) is 0 Å². The average Bonchev–Trinajstić information content (AvgIpc) is 2.20. The number of nitrogens with zero attached hydrogens (tertiary/aromatic N) is 3. The first-order valence-corrected chi connectivity index (χ1v) is 4.90. The van der Waals surface area contributed by atoms with E-state index in [1.165, 1.54) is 0 Å². The third-order valence-electron chi connectivity index (χ3n) is 2.48. The molecule has 0 radical (unpaired) electrons. The normalized spacial score (nSPS) is 13.1. The summed E-state index contributed by atoms with van der Waals surface area (Å²) < 4.78 is 0. The van der Waals surface area contributed by atoms with Gasteiger partial charge in [-0.25, -0.2) is 4.98 Å². The Morgan fingerprint density at radius 1 is 1.43 bits per heavy atom. The number of aromatic nitrogens is 2. The zero-order valence-electron chi connectivity index (χ0n) is 9.07.